The molecule has 0 aliphatic heterocycles. The molecular weight excluding hydrogens is 286 g/mol. The summed E-state index contributed by atoms with van der Waals surface area (Å²) in [5.41, 5.74) is 2.03. The summed E-state index contributed by atoms with van der Waals surface area (Å²) in [6.07, 6.45) is 2.67. The van der Waals surface area contributed by atoms with Crippen LogP contribution in [-0.4, -0.2) is 30.7 Å². The zero-order valence-electron chi connectivity index (χ0n) is 12.8. The lowest BCUT2D eigenvalue weighted by molar-refractivity contribution is 0.352. The fourth-order valence-corrected chi connectivity index (χ4v) is 3.10. The maximum absolute atomic E-state index is 5.40. The largest absolute Gasteiger partial charge is 0.480 e. The molecule has 0 saturated carbocycles. The minimum Gasteiger partial charge on any atom is -0.480 e. The number of hydrogen-bond donors (Lipinski definition) is 1. The summed E-state index contributed by atoms with van der Waals surface area (Å²) in [6, 6.07) is 2.10. The van der Waals surface area contributed by atoms with Crippen LogP contribution in [0.2, 0.25) is 0 Å². The minimum absolute atomic E-state index is 0.0155. The number of aryl methyl sites for hydroxylation is 1. The van der Waals surface area contributed by atoms with Crippen LogP contribution in [0.25, 0.3) is 0 Å². The van der Waals surface area contributed by atoms with Crippen molar-refractivity contribution in [3.63, 3.8) is 0 Å². The second-order valence-electron chi connectivity index (χ2n) is 4.66. The summed E-state index contributed by atoms with van der Waals surface area (Å²) in [6.45, 7) is 5.15. The monoisotopic (exact) mass is 307 g/mol. The first-order chi connectivity index (χ1) is 10.2. The van der Waals surface area contributed by atoms with Gasteiger partial charge in [-0.3, -0.25) is 0 Å². The summed E-state index contributed by atoms with van der Waals surface area (Å²) >= 11 is 1.71. The van der Waals surface area contributed by atoms with Crippen LogP contribution in [0, 0.1) is 6.92 Å². The van der Waals surface area contributed by atoms with Gasteiger partial charge in [-0.2, -0.15) is 4.98 Å². The van der Waals surface area contributed by atoms with Crippen molar-refractivity contribution < 1.29 is 9.47 Å². The minimum atomic E-state index is -0.0155. The normalized spacial score (nSPS) is 12.2. The summed E-state index contributed by atoms with van der Waals surface area (Å²) in [4.78, 5) is 10.1. The number of nitrogens with zero attached hydrogens (tertiary/aromatic N) is 2. The molecule has 2 aromatic rings. The molecule has 0 radical (unpaired) electrons. The van der Waals surface area contributed by atoms with Crippen LogP contribution in [0.5, 0.6) is 11.8 Å². The summed E-state index contributed by atoms with van der Waals surface area (Å²) in [5.74, 6) is 0.948. The molecule has 1 N–H and O–H groups in total. The molecule has 0 aromatic carbocycles. The molecule has 2 rings (SSSR count). The Morgan fingerprint density at radius 3 is 2.71 bits per heavy atom. The number of hydrogen-bond acceptors (Lipinski definition) is 6. The maximum atomic E-state index is 5.40. The molecule has 0 amide bonds. The molecule has 2 aromatic heterocycles. The molecule has 114 valence electrons. The van der Waals surface area contributed by atoms with Crippen LogP contribution >= 0.6 is 11.3 Å². The molecular formula is C15H21N3O2S. The molecule has 21 heavy (non-hydrogen) atoms. The van der Waals surface area contributed by atoms with Gasteiger partial charge in [0.25, 0.3) is 0 Å². The van der Waals surface area contributed by atoms with Crippen molar-refractivity contribution >= 4 is 11.3 Å². The Kier molecular flexibility index (Phi) is 5.52. The van der Waals surface area contributed by atoms with Crippen molar-refractivity contribution in [3.8, 4) is 11.8 Å². The van der Waals surface area contributed by atoms with Gasteiger partial charge in [0.2, 0.25) is 11.8 Å². The number of ether oxygens (including phenoxy) is 2. The van der Waals surface area contributed by atoms with E-state index in [0.29, 0.717) is 11.8 Å². The Morgan fingerprint density at radius 2 is 2.14 bits per heavy atom. The number of methoxy groups -OCH3 is 2. The molecule has 0 aliphatic carbocycles. The fraction of sp³-hybridized carbons (Fsp3) is 0.467. The predicted molar refractivity (Wildman–Crippen MR) is 84.3 cm³/mol. The van der Waals surface area contributed by atoms with E-state index in [-0.39, 0.29) is 6.04 Å². The van der Waals surface area contributed by atoms with E-state index in [2.05, 4.69) is 40.6 Å². The fourth-order valence-electron chi connectivity index (χ4n) is 2.10. The van der Waals surface area contributed by atoms with Crippen LogP contribution < -0.4 is 14.8 Å². The van der Waals surface area contributed by atoms with Gasteiger partial charge in [0.15, 0.2) is 0 Å². The first-order valence-corrected chi connectivity index (χ1v) is 7.81. The van der Waals surface area contributed by atoms with E-state index in [1.54, 1.807) is 31.8 Å². The Hall–Kier alpha value is -1.66. The molecule has 1 unspecified atom stereocenters. The summed E-state index contributed by atoms with van der Waals surface area (Å²) in [7, 11) is 3.17. The Morgan fingerprint density at radius 1 is 1.33 bits per heavy atom. The molecule has 1 atom stereocenters. The van der Waals surface area contributed by atoms with E-state index < -0.39 is 0 Å². The van der Waals surface area contributed by atoms with Gasteiger partial charge in [-0.25, -0.2) is 4.98 Å². The van der Waals surface area contributed by atoms with Gasteiger partial charge in [0.1, 0.15) is 5.69 Å². The van der Waals surface area contributed by atoms with E-state index in [4.69, 9.17) is 9.47 Å². The summed E-state index contributed by atoms with van der Waals surface area (Å²) < 4.78 is 10.5. The smallest absolute Gasteiger partial charge is 0.240 e. The van der Waals surface area contributed by atoms with Gasteiger partial charge in [-0.1, -0.05) is 6.92 Å². The second-order valence-corrected chi connectivity index (χ2v) is 5.61. The van der Waals surface area contributed by atoms with Crippen LogP contribution in [-0.2, 0) is 0 Å². The topological polar surface area (TPSA) is 56.3 Å². The van der Waals surface area contributed by atoms with Gasteiger partial charge in [-0.15, -0.1) is 11.3 Å². The maximum Gasteiger partial charge on any atom is 0.240 e. The van der Waals surface area contributed by atoms with Crippen LogP contribution in [0.4, 0.5) is 0 Å². The van der Waals surface area contributed by atoms with Gasteiger partial charge in [0.05, 0.1) is 26.5 Å². The average molecular weight is 307 g/mol. The lowest BCUT2D eigenvalue weighted by Crippen LogP contribution is -2.24. The van der Waals surface area contributed by atoms with Crippen LogP contribution in [0.3, 0.4) is 0 Å². The van der Waals surface area contributed by atoms with Gasteiger partial charge >= 0.3 is 0 Å². The molecule has 2 heterocycles. The number of nitrogens with one attached hydrogen (secondary N) is 1. The lowest BCUT2D eigenvalue weighted by Gasteiger charge is -2.19. The first-order valence-electron chi connectivity index (χ1n) is 6.93. The van der Waals surface area contributed by atoms with Crippen molar-refractivity contribution in [2.75, 3.05) is 20.8 Å². The first kappa shape index (κ1) is 15.7. The van der Waals surface area contributed by atoms with E-state index >= 15 is 0 Å². The van der Waals surface area contributed by atoms with Crippen LogP contribution in [0.1, 0.15) is 35.5 Å². The lowest BCUT2D eigenvalue weighted by atomic mass is 10.1. The molecule has 0 bridgehead atoms. The number of aromatic nitrogens is 2. The Labute approximate surface area is 129 Å². The molecule has 6 heteroatoms. The highest BCUT2D eigenvalue weighted by atomic mass is 32.1. The van der Waals surface area contributed by atoms with Gasteiger partial charge in [-0.05, 0) is 36.9 Å². The van der Waals surface area contributed by atoms with E-state index in [9.17, 15) is 0 Å². The second kappa shape index (κ2) is 7.38. The van der Waals surface area contributed by atoms with Crippen molar-refractivity contribution in [1.82, 2.24) is 15.3 Å². The quantitative estimate of drug-likeness (QED) is 0.852. The van der Waals surface area contributed by atoms with Crippen molar-refractivity contribution in [1.29, 1.82) is 0 Å². The molecule has 0 saturated heterocycles. The van der Waals surface area contributed by atoms with Crippen molar-refractivity contribution in [2.24, 2.45) is 0 Å². The highest BCUT2D eigenvalue weighted by molar-refractivity contribution is 7.10. The zero-order valence-corrected chi connectivity index (χ0v) is 13.7. The Balaban J connectivity index is 2.43. The third kappa shape index (κ3) is 3.51. The molecule has 0 aliphatic rings. The number of rotatable bonds is 7. The predicted octanol–water partition coefficient (Wildman–Crippen LogP) is 2.95. The van der Waals surface area contributed by atoms with Crippen LogP contribution in [0.15, 0.2) is 17.6 Å². The molecule has 0 spiro atoms. The van der Waals surface area contributed by atoms with E-state index in [1.807, 2.05) is 0 Å². The third-order valence-electron chi connectivity index (χ3n) is 3.18. The van der Waals surface area contributed by atoms with Crippen molar-refractivity contribution in [2.45, 2.75) is 26.3 Å². The highest BCUT2D eigenvalue weighted by Crippen LogP contribution is 2.33. The molecule has 5 nitrogen and oxygen atoms in total. The van der Waals surface area contributed by atoms with E-state index in [1.165, 1.54) is 10.4 Å². The number of thiophene rings is 1. The van der Waals surface area contributed by atoms with E-state index in [0.717, 1.165) is 18.7 Å². The van der Waals surface area contributed by atoms with Gasteiger partial charge in [0, 0.05) is 4.88 Å². The molecule has 0 fully saturated rings. The Bertz CT molecular complexity index is 586. The van der Waals surface area contributed by atoms with Crippen molar-refractivity contribution in [3.05, 3.63) is 33.8 Å². The highest BCUT2D eigenvalue weighted by Gasteiger charge is 2.23. The summed E-state index contributed by atoms with van der Waals surface area (Å²) in [5, 5.41) is 5.62. The average Bonchev–Trinajstić information content (AvgIpc) is 2.94. The van der Waals surface area contributed by atoms with Gasteiger partial charge < -0.3 is 14.8 Å². The standard InChI is InChI=1S/C15H21N3O2S/c1-5-7-16-12(14-10(2)6-8-21-14)13-15(20-4)18-11(19-3)9-17-13/h6,8-9,12,16H,5,7H2,1-4H3. The zero-order chi connectivity index (χ0) is 15.2. The third-order valence-corrected chi connectivity index (χ3v) is 4.27. The SMILES string of the molecule is CCCNC(c1ncc(OC)nc1OC)c1sccc1C.